The molecule has 0 saturated carbocycles. The molecule has 34 heavy (non-hydrogen) atoms. The molecular weight excluding hydrogens is 429 g/mol. The van der Waals surface area contributed by atoms with Crippen LogP contribution in [0.5, 0.6) is 0 Å². The molecule has 2 amide bonds. The lowest BCUT2D eigenvalue weighted by Crippen LogP contribution is -2.49. The number of halogens is 1. The van der Waals surface area contributed by atoms with Crippen LogP contribution in [0.1, 0.15) is 24.8 Å². The van der Waals surface area contributed by atoms with Crippen molar-refractivity contribution in [2.24, 2.45) is 11.8 Å². The molecule has 2 saturated heterocycles. The lowest BCUT2D eigenvalue weighted by molar-refractivity contribution is -0.138. The van der Waals surface area contributed by atoms with E-state index in [-0.39, 0.29) is 29.5 Å². The Morgan fingerprint density at radius 2 is 1.59 bits per heavy atom. The van der Waals surface area contributed by atoms with Gasteiger partial charge in [0.1, 0.15) is 5.82 Å². The van der Waals surface area contributed by atoms with Gasteiger partial charge < -0.3 is 10.2 Å². The number of anilines is 1. The zero-order chi connectivity index (χ0) is 23.5. The summed E-state index contributed by atoms with van der Waals surface area (Å²) in [4.78, 5) is 30.6. The van der Waals surface area contributed by atoms with E-state index in [4.69, 9.17) is 0 Å². The molecule has 0 unspecified atom stereocenters. The summed E-state index contributed by atoms with van der Waals surface area (Å²) < 4.78 is 13.3. The third-order valence-corrected chi connectivity index (χ3v) is 7.00. The third-order valence-electron chi connectivity index (χ3n) is 7.00. The molecule has 5 nitrogen and oxygen atoms in total. The first-order chi connectivity index (χ1) is 16.5. The van der Waals surface area contributed by atoms with Gasteiger partial charge in [0.15, 0.2) is 0 Å². The van der Waals surface area contributed by atoms with Crippen LogP contribution in [-0.2, 0) is 16.1 Å². The Kier molecular flexibility index (Phi) is 6.59. The number of likely N-dealkylation sites (tertiary alicyclic amines) is 2. The number of carbonyl (C=O) groups excluding carboxylic acids is 2. The second-order valence-electron chi connectivity index (χ2n) is 9.53. The number of benzene rings is 3. The average Bonchev–Trinajstić information content (AvgIpc) is 3.40. The number of amides is 2. The van der Waals surface area contributed by atoms with Gasteiger partial charge in [-0.1, -0.05) is 36.4 Å². The maximum atomic E-state index is 13.3. The van der Waals surface area contributed by atoms with E-state index in [9.17, 15) is 14.0 Å². The smallest absolute Gasteiger partial charge is 0.228 e. The number of nitrogens with zero attached hydrogens (tertiary/aromatic N) is 2. The fraction of sp³-hybridized carbons (Fsp3) is 0.357. The maximum Gasteiger partial charge on any atom is 0.228 e. The fourth-order valence-corrected chi connectivity index (χ4v) is 5.26. The Hall–Kier alpha value is -3.25. The highest BCUT2D eigenvalue weighted by atomic mass is 19.1. The summed E-state index contributed by atoms with van der Waals surface area (Å²) in [5.41, 5.74) is 1.74. The lowest BCUT2D eigenvalue weighted by Gasteiger charge is -2.38. The van der Waals surface area contributed by atoms with Gasteiger partial charge in [-0.05, 0) is 65.9 Å². The molecule has 2 heterocycles. The monoisotopic (exact) mass is 459 g/mol. The van der Waals surface area contributed by atoms with Crippen molar-refractivity contribution in [3.8, 4) is 0 Å². The Bertz CT molecular complexity index is 1170. The quantitative estimate of drug-likeness (QED) is 0.603. The van der Waals surface area contributed by atoms with Gasteiger partial charge in [-0.15, -0.1) is 0 Å². The van der Waals surface area contributed by atoms with Crippen molar-refractivity contribution in [1.29, 1.82) is 0 Å². The first-order valence-electron chi connectivity index (χ1n) is 12.1. The Morgan fingerprint density at radius 3 is 2.35 bits per heavy atom. The summed E-state index contributed by atoms with van der Waals surface area (Å²) in [6.45, 7) is 3.56. The van der Waals surface area contributed by atoms with Crippen LogP contribution >= 0.6 is 0 Å². The lowest BCUT2D eigenvalue weighted by atomic mass is 9.87. The number of carbonyl (C=O) groups is 2. The second-order valence-corrected chi connectivity index (χ2v) is 9.53. The maximum absolute atomic E-state index is 13.3. The molecule has 6 heteroatoms. The molecule has 0 spiro atoms. The van der Waals surface area contributed by atoms with Crippen LogP contribution in [0.25, 0.3) is 10.8 Å². The van der Waals surface area contributed by atoms with E-state index in [1.54, 1.807) is 12.1 Å². The highest BCUT2D eigenvalue weighted by Crippen LogP contribution is 2.28. The predicted molar refractivity (Wildman–Crippen MR) is 132 cm³/mol. The molecule has 0 aliphatic carbocycles. The van der Waals surface area contributed by atoms with Crippen LogP contribution in [0.15, 0.2) is 66.7 Å². The minimum absolute atomic E-state index is 0.117. The third kappa shape index (κ3) is 5.12. The zero-order valence-electron chi connectivity index (χ0n) is 19.3. The molecule has 2 atom stereocenters. The molecule has 0 radical (unpaired) electrons. The number of hydrogen-bond donors (Lipinski definition) is 1. The molecule has 0 aromatic heterocycles. The molecule has 5 rings (SSSR count). The van der Waals surface area contributed by atoms with Crippen LogP contribution in [0.4, 0.5) is 10.1 Å². The molecule has 3 aromatic carbocycles. The first kappa shape index (κ1) is 22.5. The van der Waals surface area contributed by atoms with Gasteiger partial charge >= 0.3 is 0 Å². The molecule has 2 aliphatic rings. The summed E-state index contributed by atoms with van der Waals surface area (Å²) >= 11 is 0. The van der Waals surface area contributed by atoms with Crippen molar-refractivity contribution in [2.45, 2.75) is 25.8 Å². The molecule has 1 N–H and O–H groups in total. The van der Waals surface area contributed by atoms with Gasteiger partial charge in [-0.2, -0.15) is 0 Å². The molecule has 176 valence electrons. The number of rotatable bonds is 5. The van der Waals surface area contributed by atoms with Crippen LogP contribution < -0.4 is 5.32 Å². The van der Waals surface area contributed by atoms with E-state index in [0.717, 1.165) is 25.9 Å². The molecule has 2 fully saturated rings. The fourth-order valence-electron chi connectivity index (χ4n) is 5.26. The van der Waals surface area contributed by atoms with Gasteiger partial charge in [-0.25, -0.2) is 4.39 Å². The Labute approximate surface area is 199 Å². The number of piperidine rings is 1. The molecule has 3 aromatic rings. The molecular formula is C28H30FN3O2. The van der Waals surface area contributed by atoms with Crippen molar-refractivity contribution < 1.29 is 14.0 Å². The predicted octanol–water partition coefficient (Wildman–Crippen LogP) is 4.68. The van der Waals surface area contributed by atoms with Crippen molar-refractivity contribution in [1.82, 2.24) is 9.80 Å². The summed E-state index contributed by atoms with van der Waals surface area (Å²) in [5.74, 6) is -0.796. The van der Waals surface area contributed by atoms with E-state index in [2.05, 4.69) is 40.5 Å². The normalized spacial score (nSPS) is 21.0. The highest BCUT2D eigenvalue weighted by Gasteiger charge is 2.37. The van der Waals surface area contributed by atoms with Crippen LogP contribution in [0.3, 0.4) is 0 Å². The van der Waals surface area contributed by atoms with Crippen LogP contribution in [0.2, 0.25) is 0 Å². The van der Waals surface area contributed by atoms with Crippen LogP contribution in [-0.4, -0.2) is 47.8 Å². The summed E-state index contributed by atoms with van der Waals surface area (Å²) in [5, 5.41) is 5.30. The number of fused-ring (bicyclic) bond motifs is 1. The highest BCUT2D eigenvalue weighted by molar-refractivity contribution is 5.93. The first-order valence-corrected chi connectivity index (χ1v) is 12.1. The standard InChI is InChI=1S/C28H30FN3O2/c29-25-9-11-26(12-10-25)30-27(33)23-16-24(28(34)32-13-3-4-14-32)19-31(18-23)17-20-7-8-21-5-1-2-6-22(21)15-20/h1-2,5-12,15,23-24H,3-4,13-14,16-19H2,(H,30,33)/t23-,24+/m1/s1. The van der Waals surface area contributed by atoms with Gasteiger partial charge in [-0.3, -0.25) is 14.5 Å². The van der Waals surface area contributed by atoms with Crippen molar-refractivity contribution in [3.05, 3.63) is 78.1 Å². The van der Waals surface area contributed by atoms with E-state index >= 15 is 0 Å². The Morgan fingerprint density at radius 1 is 0.882 bits per heavy atom. The summed E-state index contributed by atoms with van der Waals surface area (Å²) in [6.07, 6.45) is 2.64. The zero-order valence-corrected chi connectivity index (χ0v) is 19.3. The largest absolute Gasteiger partial charge is 0.342 e. The van der Waals surface area contributed by atoms with Gasteiger partial charge in [0, 0.05) is 38.4 Å². The van der Waals surface area contributed by atoms with E-state index in [1.807, 2.05) is 17.0 Å². The minimum Gasteiger partial charge on any atom is -0.342 e. The summed E-state index contributed by atoms with van der Waals surface area (Å²) in [7, 11) is 0. The topological polar surface area (TPSA) is 52.7 Å². The van der Waals surface area contributed by atoms with E-state index in [0.29, 0.717) is 31.7 Å². The van der Waals surface area contributed by atoms with Gasteiger partial charge in [0.2, 0.25) is 11.8 Å². The number of hydrogen-bond acceptors (Lipinski definition) is 3. The molecule has 0 bridgehead atoms. The minimum atomic E-state index is -0.339. The van der Waals surface area contributed by atoms with Crippen molar-refractivity contribution in [3.63, 3.8) is 0 Å². The van der Waals surface area contributed by atoms with Crippen LogP contribution in [0, 0.1) is 17.7 Å². The van der Waals surface area contributed by atoms with Crippen molar-refractivity contribution in [2.75, 3.05) is 31.5 Å². The Balaban J connectivity index is 1.34. The second kappa shape index (κ2) is 9.94. The van der Waals surface area contributed by atoms with Gasteiger partial charge in [0.25, 0.3) is 0 Å². The summed E-state index contributed by atoms with van der Waals surface area (Å²) in [6, 6.07) is 20.5. The average molecular weight is 460 g/mol. The number of nitrogens with one attached hydrogen (secondary N) is 1. The van der Waals surface area contributed by atoms with E-state index in [1.165, 1.54) is 28.5 Å². The molecule has 2 aliphatic heterocycles. The van der Waals surface area contributed by atoms with E-state index < -0.39 is 0 Å². The van der Waals surface area contributed by atoms with Crippen molar-refractivity contribution >= 4 is 28.3 Å². The van der Waals surface area contributed by atoms with Gasteiger partial charge in [0.05, 0.1) is 11.8 Å². The SMILES string of the molecule is O=C(Nc1ccc(F)cc1)[C@@H]1C[C@H](C(=O)N2CCCC2)CN(Cc2ccc3ccccc3c2)C1.